The minimum absolute atomic E-state index is 0.396. The van der Waals surface area contributed by atoms with Crippen LogP contribution in [-0.2, 0) is 10.0 Å². The Balaban J connectivity index is 2.87. The molecule has 0 spiro atoms. The largest absolute Gasteiger partial charge is 0.433 e. The van der Waals surface area contributed by atoms with E-state index in [2.05, 4.69) is 4.74 Å². The Morgan fingerprint density at radius 2 is 1.90 bits per heavy atom. The predicted molar refractivity (Wildman–Crippen MR) is 65.3 cm³/mol. The molecule has 21 heavy (non-hydrogen) atoms. The fraction of sp³-hybridized carbons (Fsp3) is 0.400. The van der Waals surface area contributed by atoms with Crippen LogP contribution in [0.5, 0.6) is 5.75 Å². The van der Waals surface area contributed by atoms with E-state index in [1.54, 1.807) is 4.72 Å². The summed E-state index contributed by atoms with van der Waals surface area (Å²) in [6.45, 7) is -4.04. The summed E-state index contributed by atoms with van der Waals surface area (Å²) >= 11 is 5.57. The van der Waals surface area contributed by atoms with E-state index in [4.69, 9.17) is 16.7 Å². The third-order valence-electron chi connectivity index (χ3n) is 2.20. The molecule has 0 saturated heterocycles. The molecule has 1 aromatic carbocycles. The second-order valence-electron chi connectivity index (χ2n) is 3.72. The predicted octanol–water partition coefficient (Wildman–Crippen LogP) is 1.85. The number of hydrogen-bond acceptors (Lipinski definition) is 4. The molecule has 1 aromatic rings. The minimum atomic E-state index is -4.23. The fourth-order valence-electron chi connectivity index (χ4n) is 1.21. The lowest BCUT2D eigenvalue weighted by molar-refractivity contribution is -0.0498. The van der Waals surface area contributed by atoms with Crippen LogP contribution in [0.15, 0.2) is 23.1 Å². The zero-order chi connectivity index (χ0) is 16.2. The van der Waals surface area contributed by atoms with Gasteiger partial charge in [0.25, 0.3) is 6.43 Å². The molecule has 120 valence electrons. The quantitative estimate of drug-likeness (QED) is 0.735. The second kappa shape index (κ2) is 7.25. The highest BCUT2D eigenvalue weighted by molar-refractivity contribution is 7.89. The van der Waals surface area contributed by atoms with Crippen LogP contribution in [0, 0.1) is 0 Å². The van der Waals surface area contributed by atoms with E-state index < -0.39 is 51.4 Å². The van der Waals surface area contributed by atoms with Crippen molar-refractivity contribution in [1.82, 2.24) is 4.72 Å². The number of aliphatic hydroxyl groups is 1. The van der Waals surface area contributed by atoms with Crippen molar-refractivity contribution in [1.29, 1.82) is 0 Å². The Bertz CT molecular complexity index is 584. The van der Waals surface area contributed by atoms with Crippen LogP contribution >= 0.6 is 11.6 Å². The van der Waals surface area contributed by atoms with Crippen molar-refractivity contribution in [3.05, 3.63) is 23.2 Å². The number of alkyl halides is 4. The average molecular weight is 352 g/mol. The topological polar surface area (TPSA) is 75.6 Å². The van der Waals surface area contributed by atoms with Gasteiger partial charge in [-0.1, -0.05) is 11.6 Å². The maximum atomic E-state index is 12.1. The SMILES string of the molecule is O=S(=O)(NCC(O)C(F)F)c1ccc(OC(F)F)c(Cl)c1. The molecule has 11 heteroatoms. The first-order valence-corrected chi connectivity index (χ1v) is 7.20. The highest BCUT2D eigenvalue weighted by atomic mass is 35.5. The number of halogens is 5. The molecule has 0 radical (unpaired) electrons. The van der Waals surface area contributed by atoms with Crippen molar-refractivity contribution >= 4 is 21.6 Å². The molecule has 0 aromatic heterocycles. The molecule has 2 N–H and O–H groups in total. The first-order chi connectivity index (χ1) is 9.63. The Hall–Kier alpha value is -1.10. The molecule has 0 aliphatic carbocycles. The standard InChI is InChI=1S/C10H10ClF4NO4S/c11-6-3-5(1-2-8(6)20-10(14)15)21(18,19)16-4-7(17)9(12)13/h1-3,7,9-10,16-17H,4H2. The number of sulfonamides is 1. The van der Waals surface area contributed by atoms with Gasteiger partial charge in [-0.2, -0.15) is 8.78 Å². The van der Waals surface area contributed by atoms with Gasteiger partial charge in [0.2, 0.25) is 10.0 Å². The zero-order valence-electron chi connectivity index (χ0n) is 10.1. The lowest BCUT2D eigenvalue weighted by Crippen LogP contribution is -2.35. The van der Waals surface area contributed by atoms with Crippen molar-refractivity contribution in [2.75, 3.05) is 6.54 Å². The Morgan fingerprint density at radius 1 is 1.29 bits per heavy atom. The van der Waals surface area contributed by atoms with Crippen LogP contribution in [0.2, 0.25) is 5.02 Å². The smallest absolute Gasteiger partial charge is 0.387 e. The molecule has 0 heterocycles. The lowest BCUT2D eigenvalue weighted by Gasteiger charge is -2.12. The summed E-state index contributed by atoms with van der Waals surface area (Å²) in [6, 6.07) is 2.61. The van der Waals surface area contributed by atoms with E-state index in [0.717, 1.165) is 18.2 Å². The van der Waals surface area contributed by atoms with Crippen molar-refractivity contribution in [2.45, 2.75) is 24.0 Å². The molecule has 1 rings (SSSR count). The van der Waals surface area contributed by atoms with Gasteiger partial charge in [-0.25, -0.2) is 21.9 Å². The van der Waals surface area contributed by atoms with Gasteiger partial charge in [-0.05, 0) is 18.2 Å². The normalized spacial score (nSPS) is 13.7. The summed E-state index contributed by atoms with van der Waals surface area (Å²) in [5.41, 5.74) is 0. The molecule has 5 nitrogen and oxygen atoms in total. The highest BCUT2D eigenvalue weighted by Gasteiger charge is 2.22. The lowest BCUT2D eigenvalue weighted by atomic mass is 10.3. The molecule has 0 bridgehead atoms. The number of rotatable bonds is 7. The molecular formula is C10H10ClF4NO4S. The molecule has 1 unspecified atom stereocenters. The molecule has 0 amide bonds. The first kappa shape index (κ1) is 18.0. The maximum Gasteiger partial charge on any atom is 0.387 e. The van der Waals surface area contributed by atoms with Crippen LogP contribution in [0.4, 0.5) is 17.6 Å². The molecule has 0 fully saturated rings. The first-order valence-electron chi connectivity index (χ1n) is 5.33. The fourth-order valence-corrected chi connectivity index (χ4v) is 2.57. The Morgan fingerprint density at radius 3 is 2.38 bits per heavy atom. The molecule has 0 saturated carbocycles. The summed E-state index contributed by atoms with van der Waals surface area (Å²) in [5.74, 6) is -0.432. The number of ether oxygens (including phenoxy) is 1. The molecular weight excluding hydrogens is 342 g/mol. The average Bonchev–Trinajstić information content (AvgIpc) is 2.37. The van der Waals surface area contributed by atoms with Crippen LogP contribution < -0.4 is 9.46 Å². The number of hydrogen-bond donors (Lipinski definition) is 2. The van der Waals surface area contributed by atoms with Gasteiger partial charge < -0.3 is 9.84 Å². The monoisotopic (exact) mass is 351 g/mol. The zero-order valence-corrected chi connectivity index (χ0v) is 11.7. The maximum absolute atomic E-state index is 12.1. The summed E-state index contributed by atoms with van der Waals surface area (Å²) < 4.78 is 77.3. The summed E-state index contributed by atoms with van der Waals surface area (Å²) in [4.78, 5) is -0.449. The van der Waals surface area contributed by atoms with Gasteiger partial charge in [-0.15, -0.1) is 0 Å². The van der Waals surface area contributed by atoms with E-state index in [1.807, 2.05) is 0 Å². The van der Waals surface area contributed by atoms with Crippen molar-refractivity contribution < 1.29 is 35.8 Å². The van der Waals surface area contributed by atoms with E-state index in [1.165, 1.54) is 0 Å². The van der Waals surface area contributed by atoms with Crippen molar-refractivity contribution in [3.8, 4) is 5.75 Å². The van der Waals surface area contributed by atoms with Gasteiger partial charge in [0, 0.05) is 6.54 Å². The third-order valence-corrected chi connectivity index (χ3v) is 3.92. The molecule has 0 aliphatic rings. The number of benzene rings is 1. The van der Waals surface area contributed by atoms with Crippen LogP contribution in [-0.4, -0.2) is 39.2 Å². The van der Waals surface area contributed by atoms with E-state index in [9.17, 15) is 26.0 Å². The second-order valence-corrected chi connectivity index (χ2v) is 5.90. The van der Waals surface area contributed by atoms with Gasteiger partial charge >= 0.3 is 6.61 Å². The van der Waals surface area contributed by atoms with Gasteiger partial charge in [0.15, 0.2) is 0 Å². The Labute approximate surface area is 122 Å². The Kier molecular flexibility index (Phi) is 6.20. The van der Waals surface area contributed by atoms with Gasteiger partial charge in [-0.3, -0.25) is 0 Å². The van der Waals surface area contributed by atoms with Gasteiger partial charge in [0.1, 0.15) is 11.9 Å². The van der Waals surface area contributed by atoms with E-state index in [-0.39, 0.29) is 0 Å². The van der Waals surface area contributed by atoms with Crippen molar-refractivity contribution in [3.63, 3.8) is 0 Å². The summed E-state index contributed by atoms with van der Waals surface area (Å²) in [7, 11) is -4.23. The number of nitrogens with one attached hydrogen (secondary N) is 1. The van der Waals surface area contributed by atoms with Gasteiger partial charge in [0.05, 0.1) is 9.92 Å². The summed E-state index contributed by atoms with van der Waals surface area (Å²) in [5, 5.41) is 8.43. The molecule has 0 aliphatic heterocycles. The molecule has 1 atom stereocenters. The van der Waals surface area contributed by atoms with Crippen LogP contribution in [0.1, 0.15) is 0 Å². The van der Waals surface area contributed by atoms with Crippen molar-refractivity contribution in [2.24, 2.45) is 0 Å². The van der Waals surface area contributed by atoms with Crippen LogP contribution in [0.3, 0.4) is 0 Å². The third kappa shape index (κ3) is 5.30. The summed E-state index contributed by atoms with van der Waals surface area (Å²) in [6.07, 6.45) is -5.28. The number of aliphatic hydroxyl groups excluding tert-OH is 1. The van der Waals surface area contributed by atoms with E-state index in [0.29, 0.717) is 0 Å². The highest BCUT2D eigenvalue weighted by Crippen LogP contribution is 2.28. The van der Waals surface area contributed by atoms with Crippen LogP contribution in [0.25, 0.3) is 0 Å². The minimum Gasteiger partial charge on any atom is -0.433 e. The van der Waals surface area contributed by atoms with E-state index >= 15 is 0 Å².